The minimum atomic E-state index is 0. The van der Waals surface area contributed by atoms with Crippen LogP contribution in [-0.2, 0) is 0 Å². The molecule has 1 fully saturated rings. The second kappa shape index (κ2) is 7.38. The minimum absolute atomic E-state index is 0. The van der Waals surface area contributed by atoms with Crippen molar-refractivity contribution in [3.8, 4) is 5.75 Å². The number of ether oxygens (including phenoxy) is 1. The molecule has 1 aliphatic rings. The molecule has 0 spiro atoms. The number of nitrogens with two attached hydrogens (primary N) is 1. The van der Waals surface area contributed by atoms with Gasteiger partial charge in [0.15, 0.2) is 0 Å². The fourth-order valence-corrected chi connectivity index (χ4v) is 2.97. The number of likely N-dealkylation sites (tertiary alicyclic amines) is 1. The number of carbonyl (C=O) groups excluding carboxylic acids is 1. The van der Waals surface area contributed by atoms with Gasteiger partial charge >= 0.3 is 0 Å². The van der Waals surface area contributed by atoms with Gasteiger partial charge in [-0.15, -0.1) is 12.4 Å². The lowest BCUT2D eigenvalue weighted by Crippen LogP contribution is -2.30. The molecule has 1 unspecified atom stereocenters. The molecule has 2 N–H and O–H groups in total. The molecular formula is C18H21ClN2O2. The van der Waals surface area contributed by atoms with Crippen molar-refractivity contribution >= 4 is 24.0 Å². The monoisotopic (exact) mass is 332 g/mol. The molecule has 0 aromatic heterocycles. The van der Waals surface area contributed by atoms with Crippen molar-refractivity contribution in [2.24, 2.45) is 0 Å². The maximum atomic E-state index is 12.7. The summed E-state index contributed by atoms with van der Waals surface area (Å²) in [5.41, 5.74) is 8.20. The fraction of sp³-hybridized carbons (Fsp3) is 0.278. The molecular weight excluding hydrogens is 312 g/mol. The van der Waals surface area contributed by atoms with Gasteiger partial charge in [-0.25, -0.2) is 0 Å². The normalized spacial score (nSPS) is 16.7. The lowest BCUT2D eigenvalue weighted by Gasteiger charge is -2.25. The molecule has 122 valence electrons. The third-order valence-corrected chi connectivity index (χ3v) is 4.17. The Kier molecular flexibility index (Phi) is 5.50. The molecule has 1 aliphatic heterocycles. The molecule has 3 rings (SSSR count). The summed E-state index contributed by atoms with van der Waals surface area (Å²) in [4.78, 5) is 14.7. The zero-order valence-electron chi connectivity index (χ0n) is 13.1. The molecule has 1 amide bonds. The molecule has 0 radical (unpaired) electrons. The van der Waals surface area contributed by atoms with Crippen molar-refractivity contribution < 1.29 is 9.53 Å². The van der Waals surface area contributed by atoms with E-state index in [0.717, 1.165) is 30.7 Å². The van der Waals surface area contributed by atoms with Crippen LogP contribution in [-0.4, -0.2) is 24.5 Å². The highest BCUT2D eigenvalue weighted by molar-refractivity contribution is 5.95. The number of rotatable bonds is 3. The standard InChI is InChI=1S/C18H20N2O2.ClH/c1-22-16-10-6-13(7-11-16)17-3-2-12-20(17)18(21)14-4-8-15(19)9-5-14;/h4-11,17H,2-3,12,19H2,1H3;1H. The molecule has 5 heteroatoms. The minimum Gasteiger partial charge on any atom is -0.497 e. The summed E-state index contributed by atoms with van der Waals surface area (Å²) in [6.07, 6.45) is 2.02. The number of benzene rings is 2. The van der Waals surface area contributed by atoms with Crippen LogP contribution in [0.25, 0.3) is 0 Å². The summed E-state index contributed by atoms with van der Waals surface area (Å²) in [5, 5.41) is 0. The van der Waals surface area contributed by atoms with Gasteiger partial charge in [0.2, 0.25) is 0 Å². The zero-order valence-corrected chi connectivity index (χ0v) is 13.9. The third kappa shape index (κ3) is 3.59. The van der Waals surface area contributed by atoms with E-state index in [1.165, 1.54) is 0 Å². The van der Waals surface area contributed by atoms with Crippen LogP contribution < -0.4 is 10.5 Å². The van der Waals surface area contributed by atoms with Crippen molar-refractivity contribution in [2.45, 2.75) is 18.9 Å². The molecule has 2 aromatic rings. The maximum Gasteiger partial charge on any atom is 0.254 e. The van der Waals surface area contributed by atoms with Crippen molar-refractivity contribution in [3.63, 3.8) is 0 Å². The van der Waals surface area contributed by atoms with Crippen molar-refractivity contribution in [3.05, 3.63) is 59.7 Å². The van der Waals surface area contributed by atoms with Crippen LogP contribution in [0.5, 0.6) is 5.75 Å². The van der Waals surface area contributed by atoms with Gasteiger partial charge in [-0.1, -0.05) is 12.1 Å². The van der Waals surface area contributed by atoms with Crippen molar-refractivity contribution in [1.29, 1.82) is 0 Å². The Morgan fingerprint density at radius 1 is 1.13 bits per heavy atom. The number of nitrogens with zero attached hydrogens (tertiary/aromatic N) is 1. The third-order valence-electron chi connectivity index (χ3n) is 4.17. The molecule has 1 atom stereocenters. The Morgan fingerprint density at radius 2 is 1.78 bits per heavy atom. The first-order valence-electron chi connectivity index (χ1n) is 7.49. The smallest absolute Gasteiger partial charge is 0.254 e. The summed E-state index contributed by atoms with van der Waals surface area (Å²) < 4.78 is 5.19. The highest BCUT2D eigenvalue weighted by atomic mass is 35.5. The largest absolute Gasteiger partial charge is 0.497 e. The SMILES string of the molecule is COc1ccc(C2CCCN2C(=O)c2ccc(N)cc2)cc1.Cl. The van der Waals surface area contributed by atoms with Crippen LogP contribution in [0.1, 0.15) is 34.8 Å². The summed E-state index contributed by atoms with van der Waals surface area (Å²) in [6.45, 7) is 0.792. The van der Waals surface area contributed by atoms with E-state index in [9.17, 15) is 4.79 Å². The Hall–Kier alpha value is -2.20. The number of methoxy groups -OCH3 is 1. The number of nitrogen functional groups attached to an aromatic ring is 1. The Morgan fingerprint density at radius 3 is 2.39 bits per heavy atom. The van der Waals surface area contributed by atoms with E-state index in [4.69, 9.17) is 10.5 Å². The van der Waals surface area contributed by atoms with E-state index in [1.54, 1.807) is 31.4 Å². The van der Waals surface area contributed by atoms with Crippen LogP contribution in [0.15, 0.2) is 48.5 Å². The molecule has 0 bridgehead atoms. The number of halogens is 1. The van der Waals surface area contributed by atoms with Gasteiger partial charge in [0.05, 0.1) is 13.2 Å². The van der Waals surface area contributed by atoms with Gasteiger partial charge in [-0.05, 0) is 54.8 Å². The van der Waals surface area contributed by atoms with Crippen molar-refractivity contribution in [2.75, 3.05) is 19.4 Å². The lowest BCUT2D eigenvalue weighted by molar-refractivity contribution is 0.0735. The van der Waals surface area contributed by atoms with Crippen LogP contribution in [0, 0.1) is 0 Å². The van der Waals surface area contributed by atoms with Crippen molar-refractivity contribution in [1.82, 2.24) is 4.90 Å². The first-order chi connectivity index (χ1) is 10.7. The Balaban J connectivity index is 0.00000192. The predicted molar refractivity (Wildman–Crippen MR) is 94.1 cm³/mol. The van der Waals surface area contributed by atoms with E-state index in [1.807, 2.05) is 29.2 Å². The summed E-state index contributed by atoms with van der Waals surface area (Å²) in [6, 6.07) is 15.2. The van der Waals surface area contributed by atoms with Gasteiger partial charge in [-0.3, -0.25) is 4.79 Å². The maximum absolute atomic E-state index is 12.7. The zero-order chi connectivity index (χ0) is 15.5. The lowest BCUT2D eigenvalue weighted by atomic mass is 10.0. The average Bonchev–Trinajstić information content (AvgIpc) is 3.04. The van der Waals surface area contributed by atoms with E-state index in [2.05, 4.69) is 0 Å². The number of carbonyl (C=O) groups is 1. The summed E-state index contributed by atoms with van der Waals surface area (Å²) in [5.74, 6) is 0.900. The topological polar surface area (TPSA) is 55.6 Å². The van der Waals surface area contributed by atoms with Crippen LogP contribution in [0.2, 0.25) is 0 Å². The van der Waals surface area contributed by atoms with Gasteiger partial charge in [-0.2, -0.15) is 0 Å². The first-order valence-corrected chi connectivity index (χ1v) is 7.49. The van der Waals surface area contributed by atoms with Crippen LogP contribution >= 0.6 is 12.4 Å². The average molecular weight is 333 g/mol. The van der Waals surface area contributed by atoms with Crippen LogP contribution in [0.4, 0.5) is 5.69 Å². The molecule has 1 saturated heterocycles. The number of anilines is 1. The Bertz CT molecular complexity index is 656. The van der Waals surface area contributed by atoms with E-state index < -0.39 is 0 Å². The van der Waals surface area contributed by atoms with Gasteiger partial charge in [0, 0.05) is 17.8 Å². The molecule has 1 heterocycles. The van der Waals surface area contributed by atoms with E-state index in [0.29, 0.717) is 11.3 Å². The second-order valence-corrected chi connectivity index (χ2v) is 5.55. The second-order valence-electron chi connectivity index (χ2n) is 5.55. The van der Waals surface area contributed by atoms with E-state index in [-0.39, 0.29) is 24.4 Å². The predicted octanol–water partition coefficient (Wildman–Crippen LogP) is 3.68. The summed E-state index contributed by atoms with van der Waals surface area (Å²) in [7, 11) is 1.65. The molecule has 0 saturated carbocycles. The molecule has 0 aliphatic carbocycles. The number of amides is 1. The number of hydrogen-bond acceptors (Lipinski definition) is 3. The first kappa shape index (κ1) is 17.2. The molecule has 2 aromatic carbocycles. The Labute approximate surface area is 142 Å². The quantitative estimate of drug-likeness (QED) is 0.872. The summed E-state index contributed by atoms with van der Waals surface area (Å²) >= 11 is 0. The number of hydrogen-bond donors (Lipinski definition) is 1. The van der Waals surface area contributed by atoms with Gasteiger partial charge in [0.1, 0.15) is 5.75 Å². The van der Waals surface area contributed by atoms with Gasteiger partial charge in [0.25, 0.3) is 5.91 Å². The molecule has 23 heavy (non-hydrogen) atoms. The molecule has 4 nitrogen and oxygen atoms in total. The fourth-order valence-electron chi connectivity index (χ4n) is 2.97. The van der Waals surface area contributed by atoms with Gasteiger partial charge < -0.3 is 15.4 Å². The highest BCUT2D eigenvalue weighted by Gasteiger charge is 2.30. The highest BCUT2D eigenvalue weighted by Crippen LogP contribution is 2.33. The van der Waals surface area contributed by atoms with E-state index >= 15 is 0 Å². The van der Waals surface area contributed by atoms with Crippen LogP contribution in [0.3, 0.4) is 0 Å².